The predicted molar refractivity (Wildman–Crippen MR) is 91.6 cm³/mol. The molecule has 0 aliphatic carbocycles. The summed E-state index contributed by atoms with van der Waals surface area (Å²) in [6.07, 6.45) is 2.66. The SMILES string of the molecule is COc1cccc(Oc2c(F)cc(F)c(NC(=O)c3cccnc3)c2F)c1. The molecule has 138 valence electrons. The minimum Gasteiger partial charge on any atom is -0.497 e. The summed E-state index contributed by atoms with van der Waals surface area (Å²) in [5.41, 5.74) is -0.751. The molecule has 0 atom stereocenters. The second kappa shape index (κ2) is 7.77. The van der Waals surface area contributed by atoms with E-state index in [1.54, 1.807) is 12.1 Å². The summed E-state index contributed by atoms with van der Waals surface area (Å²) in [7, 11) is 1.42. The first-order chi connectivity index (χ1) is 13.0. The van der Waals surface area contributed by atoms with E-state index in [0.29, 0.717) is 11.8 Å². The van der Waals surface area contributed by atoms with Crippen LogP contribution in [-0.2, 0) is 0 Å². The summed E-state index contributed by atoms with van der Waals surface area (Å²) < 4.78 is 53.0. The summed E-state index contributed by atoms with van der Waals surface area (Å²) in [5.74, 6) is -5.10. The van der Waals surface area contributed by atoms with Crippen molar-refractivity contribution in [2.75, 3.05) is 12.4 Å². The van der Waals surface area contributed by atoms with Gasteiger partial charge in [-0.2, -0.15) is 0 Å². The molecule has 0 radical (unpaired) electrons. The van der Waals surface area contributed by atoms with E-state index in [0.717, 1.165) is 0 Å². The molecule has 1 N–H and O–H groups in total. The standard InChI is InChI=1S/C19H13F3N2O3/c1-26-12-5-2-6-13(8-12)27-18-15(21)9-14(20)17(16(18)22)24-19(25)11-4-3-7-23-10-11/h2-10H,1H3,(H,24,25). The molecule has 8 heteroatoms. The summed E-state index contributed by atoms with van der Waals surface area (Å²) in [6.45, 7) is 0. The number of nitrogens with zero attached hydrogens (tertiary/aromatic N) is 1. The van der Waals surface area contributed by atoms with Crippen LogP contribution in [0.5, 0.6) is 17.2 Å². The predicted octanol–water partition coefficient (Wildman–Crippen LogP) is 4.55. The van der Waals surface area contributed by atoms with Crippen molar-refractivity contribution in [1.82, 2.24) is 4.98 Å². The van der Waals surface area contributed by atoms with Gasteiger partial charge in [-0.3, -0.25) is 9.78 Å². The normalized spacial score (nSPS) is 10.4. The van der Waals surface area contributed by atoms with Gasteiger partial charge in [0.05, 0.1) is 12.7 Å². The lowest BCUT2D eigenvalue weighted by Gasteiger charge is -2.13. The Labute approximate surface area is 152 Å². The van der Waals surface area contributed by atoms with Crippen LogP contribution in [0.25, 0.3) is 0 Å². The number of benzene rings is 2. The van der Waals surface area contributed by atoms with Crippen LogP contribution >= 0.6 is 0 Å². The van der Waals surface area contributed by atoms with Crippen LogP contribution in [0.4, 0.5) is 18.9 Å². The van der Waals surface area contributed by atoms with Crippen LogP contribution in [-0.4, -0.2) is 18.0 Å². The van der Waals surface area contributed by atoms with Gasteiger partial charge in [0.15, 0.2) is 17.5 Å². The van der Waals surface area contributed by atoms with Crippen molar-refractivity contribution in [3.63, 3.8) is 0 Å². The van der Waals surface area contributed by atoms with Crippen LogP contribution in [0.15, 0.2) is 54.9 Å². The van der Waals surface area contributed by atoms with Crippen LogP contribution in [0.2, 0.25) is 0 Å². The van der Waals surface area contributed by atoms with E-state index in [2.05, 4.69) is 10.3 Å². The van der Waals surface area contributed by atoms with E-state index in [1.807, 2.05) is 0 Å². The Kier molecular flexibility index (Phi) is 5.25. The lowest BCUT2D eigenvalue weighted by molar-refractivity contribution is 0.102. The van der Waals surface area contributed by atoms with E-state index < -0.39 is 34.8 Å². The van der Waals surface area contributed by atoms with E-state index in [-0.39, 0.29) is 11.3 Å². The topological polar surface area (TPSA) is 60.5 Å². The van der Waals surface area contributed by atoms with Gasteiger partial charge in [0.25, 0.3) is 5.91 Å². The fourth-order valence-corrected chi connectivity index (χ4v) is 2.25. The maximum atomic E-state index is 14.7. The number of halogens is 3. The highest BCUT2D eigenvalue weighted by atomic mass is 19.1. The fraction of sp³-hybridized carbons (Fsp3) is 0.0526. The zero-order valence-electron chi connectivity index (χ0n) is 14.0. The average molecular weight is 374 g/mol. The number of aromatic nitrogens is 1. The molecule has 0 aliphatic heterocycles. The Morgan fingerprint density at radius 3 is 2.52 bits per heavy atom. The molecule has 1 aromatic heterocycles. The monoisotopic (exact) mass is 374 g/mol. The van der Waals surface area contributed by atoms with E-state index in [4.69, 9.17) is 9.47 Å². The number of carbonyl (C=O) groups is 1. The van der Waals surface area contributed by atoms with E-state index >= 15 is 0 Å². The highest BCUT2D eigenvalue weighted by Crippen LogP contribution is 2.35. The van der Waals surface area contributed by atoms with Crippen LogP contribution in [0.1, 0.15) is 10.4 Å². The molecule has 0 saturated heterocycles. The number of methoxy groups -OCH3 is 1. The molecule has 0 saturated carbocycles. The molecule has 1 heterocycles. The zero-order valence-corrected chi connectivity index (χ0v) is 14.0. The summed E-state index contributed by atoms with van der Waals surface area (Å²) in [4.78, 5) is 15.9. The lowest BCUT2D eigenvalue weighted by Crippen LogP contribution is -2.15. The Balaban J connectivity index is 1.94. The molecular formula is C19H13F3N2O3. The Bertz CT molecular complexity index is 981. The van der Waals surface area contributed by atoms with Gasteiger partial charge in [-0.1, -0.05) is 6.07 Å². The van der Waals surface area contributed by atoms with Crippen LogP contribution in [0, 0.1) is 17.5 Å². The summed E-state index contributed by atoms with van der Waals surface area (Å²) >= 11 is 0. The molecule has 0 unspecified atom stereocenters. The van der Waals surface area contributed by atoms with Crippen molar-refractivity contribution in [3.05, 3.63) is 77.9 Å². The van der Waals surface area contributed by atoms with Gasteiger partial charge in [-0.25, -0.2) is 13.2 Å². The number of hydrogen-bond donors (Lipinski definition) is 1. The van der Waals surface area contributed by atoms with Gasteiger partial charge < -0.3 is 14.8 Å². The smallest absolute Gasteiger partial charge is 0.257 e. The van der Waals surface area contributed by atoms with Gasteiger partial charge in [0, 0.05) is 24.5 Å². The molecule has 27 heavy (non-hydrogen) atoms. The summed E-state index contributed by atoms with van der Waals surface area (Å²) in [5, 5.41) is 2.07. The number of pyridine rings is 1. The minimum absolute atomic E-state index is 0.0725. The molecule has 0 aliphatic rings. The molecule has 5 nitrogen and oxygen atoms in total. The molecule has 3 rings (SSSR count). The minimum atomic E-state index is -1.38. The first-order valence-corrected chi connectivity index (χ1v) is 7.70. The molecule has 2 aromatic carbocycles. The maximum Gasteiger partial charge on any atom is 0.257 e. The maximum absolute atomic E-state index is 14.7. The van der Waals surface area contributed by atoms with Crippen molar-refractivity contribution < 1.29 is 27.4 Å². The molecule has 1 amide bonds. The van der Waals surface area contributed by atoms with E-state index in [1.165, 1.54) is 43.8 Å². The fourth-order valence-electron chi connectivity index (χ4n) is 2.25. The Hall–Kier alpha value is -3.55. The third-order valence-corrected chi connectivity index (χ3v) is 3.55. The highest BCUT2D eigenvalue weighted by molar-refractivity contribution is 6.04. The lowest BCUT2D eigenvalue weighted by atomic mass is 10.2. The first kappa shape index (κ1) is 18.2. The number of amides is 1. The van der Waals surface area contributed by atoms with Crippen molar-refractivity contribution >= 4 is 11.6 Å². The quantitative estimate of drug-likeness (QED) is 0.712. The third-order valence-electron chi connectivity index (χ3n) is 3.55. The number of hydrogen-bond acceptors (Lipinski definition) is 4. The van der Waals surface area contributed by atoms with Crippen molar-refractivity contribution in [3.8, 4) is 17.2 Å². The van der Waals surface area contributed by atoms with Gasteiger partial charge in [-0.15, -0.1) is 0 Å². The Morgan fingerprint density at radius 2 is 1.81 bits per heavy atom. The van der Waals surface area contributed by atoms with Gasteiger partial charge in [-0.05, 0) is 24.3 Å². The van der Waals surface area contributed by atoms with Crippen molar-refractivity contribution in [2.24, 2.45) is 0 Å². The number of nitrogens with one attached hydrogen (secondary N) is 1. The van der Waals surface area contributed by atoms with E-state index in [9.17, 15) is 18.0 Å². The largest absolute Gasteiger partial charge is 0.497 e. The van der Waals surface area contributed by atoms with Gasteiger partial charge >= 0.3 is 0 Å². The van der Waals surface area contributed by atoms with Crippen molar-refractivity contribution in [2.45, 2.75) is 0 Å². The van der Waals surface area contributed by atoms with Gasteiger partial charge in [0.1, 0.15) is 17.2 Å². The number of ether oxygens (including phenoxy) is 2. The molecule has 0 fully saturated rings. The molecule has 0 spiro atoms. The molecule has 3 aromatic rings. The second-order valence-electron chi connectivity index (χ2n) is 5.34. The molecular weight excluding hydrogens is 361 g/mol. The number of carbonyl (C=O) groups excluding carboxylic acids is 1. The summed E-state index contributed by atoms with van der Waals surface area (Å²) in [6, 6.07) is 9.34. The third kappa shape index (κ3) is 4.00. The zero-order chi connectivity index (χ0) is 19.4. The highest BCUT2D eigenvalue weighted by Gasteiger charge is 2.23. The van der Waals surface area contributed by atoms with Gasteiger partial charge in [0.2, 0.25) is 5.75 Å². The number of rotatable bonds is 5. The van der Waals surface area contributed by atoms with Crippen LogP contribution < -0.4 is 14.8 Å². The number of anilines is 1. The average Bonchev–Trinajstić information content (AvgIpc) is 2.69. The molecule has 0 bridgehead atoms. The first-order valence-electron chi connectivity index (χ1n) is 7.70. The second-order valence-corrected chi connectivity index (χ2v) is 5.34. The Morgan fingerprint density at radius 1 is 1.04 bits per heavy atom. The van der Waals surface area contributed by atoms with Crippen LogP contribution in [0.3, 0.4) is 0 Å². The van der Waals surface area contributed by atoms with Crippen molar-refractivity contribution in [1.29, 1.82) is 0 Å².